The van der Waals surface area contributed by atoms with Crippen LogP contribution in [0, 0.1) is 5.92 Å². The molecule has 0 aromatic rings. The van der Waals surface area contributed by atoms with E-state index in [0.717, 1.165) is 70.1 Å². The summed E-state index contributed by atoms with van der Waals surface area (Å²) in [5.41, 5.74) is 0. The fraction of sp³-hybridized carbons (Fsp3) is 0.939. The molecule has 0 aromatic heterocycles. The first-order valence-electron chi connectivity index (χ1n) is 24.4. The van der Waals surface area contributed by atoms with Crippen LogP contribution in [0.2, 0.25) is 0 Å². The van der Waals surface area contributed by atoms with Gasteiger partial charge in [-0.25, -0.2) is 0 Å². The summed E-state index contributed by atoms with van der Waals surface area (Å²) in [5, 5.41) is 0. The third-order valence-electron chi connectivity index (χ3n) is 11.0. The second kappa shape index (κ2) is 43.5. The van der Waals surface area contributed by atoms with E-state index in [4.69, 9.17) is 14.2 Å². The molecular weight excluding hydrogens is 685 g/mol. The monoisotopic (exact) mass is 779 g/mol. The summed E-state index contributed by atoms with van der Waals surface area (Å²) in [6, 6.07) is 0. The Morgan fingerprint density at radius 2 is 0.600 bits per heavy atom. The van der Waals surface area contributed by atoms with Crippen molar-refractivity contribution in [3.63, 3.8) is 0 Å². The van der Waals surface area contributed by atoms with E-state index in [9.17, 15) is 14.4 Å². The van der Waals surface area contributed by atoms with Gasteiger partial charge in [0, 0.05) is 19.3 Å². The molecule has 0 spiro atoms. The maximum Gasteiger partial charge on any atom is 0.306 e. The zero-order chi connectivity index (χ0) is 40.3. The van der Waals surface area contributed by atoms with Crippen molar-refractivity contribution in [2.24, 2.45) is 5.92 Å². The lowest BCUT2D eigenvalue weighted by Crippen LogP contribution is -2.30. The van der Waals surface area contributed by atoms with E-state index in [2.05, 4.69) is 27.7 Å². The summed E-state index contributed by atoms with van der Waals surface area (Å²) in [7, 11) is 0. The standard InChI is InChI=1S/C49H94O6/c1-5-7-9-11-12-13-22-26-29-33-36-40-47(50)53-43-46(55-49(52)42-38-31-10-8-6-2)44-54-48(51)41-37-34-30-27-24-21-19-17-15-14-16-18-20-23-25-28-32-35-39-45(3)4/h45-46H,5-44H2,1-4H3/t46-/m0/s1. The van der Waals surface area contributed by atoms with Crippen molar-refractivity contribution in [3.05, 3.63) is 0 Å². The van der Waals surface area contributed by atoms with Gasteiger partial charge in [-0.15, -0.1) is 0 Å². The highest BCUT2D eigenvalue weighted by molar-refractivity contribution is 5.71. The van der Waals surface area contributed by atoms with Gasteiger partial charge in [-0.05, 0) is 25.2 Å². The van der Waals surface area contributed by atoms with Crippen LogP contribution < -0.4 is 0 Å². The van der Waals surface area contributed by atoms with Gasteiger partial charge in [0.15, 0.2) is 6.10 Å². The SMILES string of the molecule is CCCCCCCCCCCCCC(=O)OC[C@@H](COC(=O)CCCCCCCCCCCCCCCCCCCCC(C)C)OC(=O)CCCCCCC. The molecule has 55 heavy (non-hydrogen) atoms. The lowest BCUT2D eigenvalue weighted by molar-refractivity contribution is -0.167. The van der Waals surface area contributed by atoms with Gasteiger partial charge < -0.3 is 14.2 Å². The quantitative estimate of drug-likeness (QED) is 0.0348. The van der Waals surface area contributed by atoms with E-state index >= 15 is 0 Å². The van der Waals surface area contributed by atoms with Crippen LogP contribution >= 0.6 is 0 Å². The van der Waals surface area contributed by atoms with E-state index in [1.54, 1.807) is 0 Å². The highest BCUT2D eigenvalue weighted by atomic mass is 16.6. The molecule has 6 nitrogen and oxygen atoms in total. The van der Waals surface area contributed by atoms with Crippen molar-refractivity contribution < 1.29 is 28.6 Å². The van der Waals surface area contributed by atoms with Gasteiger partial charge in [-0.3, -0.25) is 14.4 Å². The molecule has 0 heterocycles. The van der Waals surface area contributed by atoms with Gasteiger partial charge in [0.25, 0.3) is 0 Å². The first-order valence-corrected chi connectivity index (χ1v) is 24.4. The van der Waals surface area contributed by atoms with Crippen LogP contribution in [0.5, 0.6) is 0 Å². The van der Waals surface area contributed by atoms with Crippen LogP contribution in [0.25, 0.3) is 0 Å². The fourth-order valence-corrected chi connectivity index (χ4v) is 7.33. The average molecular weight is 779 g/mol. The zero-order valence-corrected chi connectivity index (χ0v) is 37.4. The van der Waals surface area contributed by atoms with Crippen molar-refractivity contribution in [2.75, 3.05) is 13.2 Å². The van der Waals surface area contributed by atoms with E-state index in [1.165, 1.54) is 161 Å². The Labute approximate surface area is 342 Å². The number of esters is 3. The molecule has 0 fully saturated rings. The summed E-state index contributed by atoms with van der Waals surface area (Å²) < 4.78 is 16.6. The molecule has 0 aliphatic carbocycles. The molecule has 0 aliphatic rings. The zero-order valence-electron chi connectivity index (χ0n) is 37.4. The summed E-state index contributed by atoms with van der Waals surface area (Å²) in [4.78, 5) is 37.5. The van der Waals surface area contributed by atoms with Gasteiger partial charge in [-0.1, -0.05) is 233 Å². The molecule has 0 rings (SSSR count). The summed E-state index contributed by atoms with van der Waals surface area (Å²) >= 11 is 0. The third-order valence-corrected chi connectivity index (χ3v) is 11.0. The molecule has 0 aromatic carbocycles. The molecule has 0 saturated carbocycles. The van der Waals surface area contributed by atoms with Gasteiger partial charge in [0.05, 0.1) is 0 Å². The van der Waals surface area contributed by atoms with Gasteiger partial charge in [0.1, 0.15) is 13.2 Å². The first-order chi connectivity index (χ1) is 26.9. The normalized spacial score (nSPS) is 11.9. The van der Waals surface area contributed by atoms with Crippen LogP contribution in [-0.2, 0) is 28.6 Å². The van der Waals surface area contributed by atoms with E-state index < -0.39 is 6.10 Å². The minimum absolute atomic E-state index is 0.0647. The summed E-state index contributed by atoms with van der Waals surface area (Å²) in [6.07, 6.45) is 44.1. The minimum atomic E-state index is -0.757. The third kappa shape index (κ3) is 43.4. The van der Waals surface area contributed by atoms with E-state index in [1.807, 2.05) is 0 Å². The molecule has 0 saturated heterocycles. The lowest BCUT2D eigenvalue weighted by Gasteiger charge is -2.18. The smallest absolute Gasteiger partial charge is 0.306 e. The maximum atomic E-state index is 12.5. The molecular formula is C49H94O6. The number of carbonyl (C=O) groups excluding carboxylic acids is 3. The minimum Gasteiger partial charge on any atom is -0.462 e. The van der Waals surface area contributed by atoms with Crippen LogP contribution in [0.4, 0.5) is 0 Å². The number of carbonyl (C=O) groups is 3. The van der Waals surface area contributed by atoms with E-state index in [0.29, 0.717) is 19.3 Å². The van der Waals surface area contributed by atoms with Crippen molar-refractivity contribution in [1.82, 2.24) is 0 Å². The maximum absolute atomic E-state index is 12.5. The average Bonchev–Trinajstić information content (AvgIpc) is 3.17. The molecule has 0 unspecified atom stereocenters. The topological polar surface area (TPSA) is 78.9 Å². The van der Waals surface area contributed by atoms with Gasteiger partial charge in [0.2, 0.25) is 0 Å². The molecule has 0 amide bonds. The molecule has 6 heteroatoms. The molecule has 0 N–H and O–H groups in total. The Balaban J connectivity index is 4.01. The van der Waals surface area contributed by atoms with Crippen LogP contribution in [0.3, 0.4) is 0 Å². The predicted octanol–water partition coefficient (Wildman–Crippen LogP) is 15.5. The number of ether oxygens (including phenoxy) is 3. The molecule has 1 atom stereocenters. The number of rotatable bonds is 44. The van der Waals surface area contributed by atoms with Gasteiger partial charge >= 0.3 is 17.9 Å². The van der Waals surface area contributed by atoms with Crippen molar-refractivity contribution >= 4 is 17.9 Å². The number of hydrogen-bond donors (Lipinski definition) is 0. The van der Waals surface area contributed by atoms with Crippen molar-refractivity contribution in [2.45, 2.75) is 278 Å². The summed E-state index contributed by atoms with van der Waals surface area (Å²) in [5.74, 6) is -0.00647. The molecule has 0 aliphatic heterocycles. The predicted molar refractivity (Wildman–Crippen MR) is 233 cm³/mol. The Hall–Kier alpha value is -1.59. The Morgan fingerprint density at radius 1 is 0.345 bits per heavy atom. The second-order valence-electron chi connectivity index (χ2n) is 17.2. The van der Waals surface area contributed by atoms with Crippen molar-refractivity contribution in [3.8, 4) is 0 Å². The Bertz CT molecular complexity index is 826. The largest absolute Gasteiger partial charge is 0.462 e. The molecule has 326 valence electrons. The summed E-state index contributed by atoms with van der Waals surface area (Å²) in [6.45, 7) is 8.94. The van der Waals surface area contributed by atoms with Crippen molar-refractivity contribution in [1.29, 1.82) is 0 Å². The molecule has 0 bridgehead atoms. The van der Waals surface area contributed by atoms with Crippen LogP contribution in [0.15, 0.2) is 0 Å². The van der Waals surface area contributed by atoms with E-state index in [-0.39, 0.29) is 31.1 Å². The lowest BCUT2D eigenvalue weighted by atomic mass is 10.0. The van der Waals surface area contributed by atoms with Gasteiger partial charge in [-0.2, -0.15) is 0 Å². The highest BCUT2D eigenvalue weighted by Crippen LogP contribution is 2.17. The highest BCUT2D eigenvalue weighted by Gasteiger charge is 2.19. The second-order valence-corrected chi connectivity index (χ2v) is 17.2. The fourth-order valence-electron chi connectivity index (χ4n) is 7.33. The Morgan fingerprint density at radius 3 is 0.891 bits per heavy atom. The van der Waals surface area contributed by atoms with Crippen LogP contribution in [-0.4, -0.2) is 37.2 Å². The Kier molecular flexibility index (Phi) is 42.3. The molecule has 0 radical (unpaired) electrons. The first kappa shape index (κ1) is 53.4. The number of unbranched alkanes of at least 4 members (excludes halogenated alkanes) is 31. The number of hydrogen-bond acceptors (Lipinski definition) is 6. The van der Waals surface area contributed by atoms with Crippen LogP contribution in [0.1, 0.15) is 272 Å².